The van der Waals surface area contributed by atoms with Gasteiger partial charge in [-0.1, -0.05) is 6.07 Å². The van der Waals surface area contributed by atoms with Gasteiger partial charge in [0.25, 0.3) is 5.91 Å². The minimum atomic E-state index is -0.114. The molecule has 1 amide bonds. The second-order valence-corrected chi connectivity index (χ2v) is 4.03. The molecule has 0 unspecified atom stereocenters. The smallest absolute Gasteiger partial charge is 0.257 e. The Morgan fingerprint density at radius 1 is 1.35 bits per heavy atom. The fourth-order valence-electron chi connectivity index (χ4n) is 1.33. The molecule has 0 aliphatic rings. The lowest BCUT2D eigenvalue weighted by atomic mass is 10.1. The number of amides is 1. The van der Waals surface area contributed by atoms with Gasteiger partial charge in [0, 0.05) is 6.54 Å². The van der Waals surface area contributed by atoms with Crippen LogP contribution >= 0.6 is 0 Å². The summed E-state index contributed by atoms with van der Waals surface area (Å²) in [5.74, 6) is 0.610. The van der Waals surface area contributed by atoms with E-state index in [1.54, 1.807) is 0 Å². The molecule has 4 nitrogen and oxygen atoms in total. The molecule has 0 aliphatic heterocycles. The van der Waals surface area contributed by atoms with Crippen molar-refractivity contribution in [1.82, 2.24) is 5.32 Å². The van der Waals surface area contributed by atoms with E-state index in [-0.39, 0.29) is 12.5 Å². The summed E-state index contributed by atoms with van der Waals surface area (Å²) in [5.41, 5.74) is 7.70. The molecule has 1 rings (SSSR count). The van der Waals surface area contributed by atoms with Crippen molar-refractivity contribution in [3.63, 3.8) is 0 Å². The highest BCUT2D eigenvalue weighted by molar-refractivity contribution is 5.77. The Morgan fingerprint density at radius 2 is 2.12 bits per heavy atom. The summed E-state index contributed by atoms with van der Waals surface area (Å²) < 4.78 is 5.39. The van der Waals surface area contributed by atoms with Gasteiger partial charge >= 0.3 is 0 Å². The van der Waals surface area contributed by atoms with E-state index in [1.807, 2.05) is 32.0 Å². The minimum absolute atomic E-state index is 0.0487. The van der Waals surface area contributed by atoms with Crippen molar-refractivity contribution in [2.75, 3.05) is 19.7 Å². The Bertz CT molecular complexity index is 378. The highest BCUT2D eigenvalue weighted by Gasteiger charge is 2.02. The second-order valence-electron chi connectivity index (χ2n) is 4.03. The average Bonchev–Trinajstić information content (AvgIpc) is 2.31. The van der Waals surface area contributed by atoms with Crippen molar-refractivity contribution in [1.29, 1.82) is 0 Å². The fraction of sp³-hybridized carbons (Fsp3) is 0.462. The maximum Gasteiger partial charge on any atom is 0.257 e. The van der Waals surface area contributed by atoms with Crippen molar-refractivity contribution < 1.29 is 9.53 Å². The molecule has 0 atom stereocenters. The summed E-state index contributed by atoms with van der Waals surface area (Å²) in [6.45, 7) is 5.29. The zero-order chi connectivity index (χ0) is 12.7. The minimum Gasteiger partial charge on any atom is -0.484 e. The molecule has 1 aromatic rings. The van der Waals surface area contributed by atoms with Crippen LogP contribution < -0.4 is 15.8 Å². The van der Waals surface area contributed by atoms with Gasteiger partial charge in [0.2, 0.25) is 0 Å². The van der Waals surface area contributed by atoms with Gasteiger partial charge in [-0.3, -0.25) is 4.79 Å². The molecule has 17 heavy (non-hydrogen) atoms. The Morgan fingerprint density at radius 3 is 2.76 bits per heavy atom. The van der Waals surface area contributed by atoms with Crippen LogP contribution in [-0.2, 0) is 4.79 Å². The van der Waals surface area contributed by atoms with Crippen molar-refractivity contribution in [3.05, 3.63) is 29.3 Å². The SMILES string of the molecule is Cc1ccc(OCC(=O)NCCCN)cc1C. The van der Waals surface area contributed by atoms with Crippen molar-refractivity contribution in [2.24, 2.45) is 5.73 Å². The van der Waals surface area contributed by atoms with Gasteiger partial charge in [-0.25, -0.2) is 0 Å². The first-order valence-electron chi connectivity index (χ1n) is 5.80. The van der Waals surface area contributed by atoms with E-state index in [0.717, 1.165) is 17.7 Å². The van der Waals surface area contributed by atoms with Gasteiger partial charge in [0.1, 0.15) is 5.75 Å². The number of benzene rings is 1. The van der Waals surface area contributed by atoms with Crippen LogP contribution in [0.3, 0.4) is 0 Å². The average molecular weight is 236 g/mol. The molecule has 0 heterocycles. The van der Waals surface area contributed by atoms with E-state index >= 15 is 0 Å². The number of hydrogen-bond donors (Lipinski definition) is 2. The highest BCUT2D eigenvalue weighted by Crippen LogP contribution is 2.16. The zero-order valence-corrected chi connectivity index (χ0v) is 10.5. The molecule has 94 valence electrons. The van der Waals surface area contributed by atoms with Gasteiger partial charge in [-0.15, -0.1) is 0 Å². The summed E-state index contributed by atoms with van der Waals surface area (Å²) in [6, 6.07) is 5.79. The number of carbonyl (C=O) groups is 1. The zero-order valence-electron chi connectivity index (χ0n) is 10.5. The lowest BCUT2D eigenvalue weighted by molar-refractivity contribution is -0.123. The first-order valence-corrected chi connectivity index (χ1v) is 5.80. The first kappa shape index (κ1) is 13.5. The number of carbonyl (C=O) groups excluding carboxylic acids is 1. The van der Waals surface area contributed by atoms with E-state index in [0.29, 0.717) is 13.1 Å². The molecule has 0 saturated heterocycles. The second kappa shape index (κ2) is 6.91. The molecular weight excluding hydrogens is 216 g/mol. The summed E-state index contributed by atoms with van der Waals surface area (Å²) in [6.07, 6.45) is 0.787. The molecule has 3 N–H and O–H groups in total. The van der Waals surface area contributed by atoms with Crippen LogP contribution in [-0.4, -0.2) is 25.6 Å². The van der Waals surface area contributed by atoms with Crippen molar-refractivity contribution >= 4 is 5.91 Å². The summed E-state index contributed by atoms with van der Waals surface area (Å²) in [7, 11) is 0. The van der Waals surface area contributed by atoms with E-state index in [4.69, 9.17) is 10.5 Å². The van der Waals surface area contributed by atoms with Gasteiger partial charge < -0.3 is 15.8 Å². The Hall–Kier alpha value is -1.55. The Labute approximate surface area is 102 Å². The van der Waals surface area contributed by atoms with Gasteiger partial charge in [-0.05, 0) is 50.1 Å². The fourth-order valence-corrected chi connectivity index (χ4v) is 1.33. The molecule has 1 aromatic carbocycles. The summed E-state index contributed by atoms with van der Waals surface area (Å²) in [5, 5.41) is 2.74. The van der Waals surface area contributed by atoms with E-state index in [2.05, 4.69) is 5.32 Å². The predicted molar refractivity (Wildman–Crippen MR) is 68.1 cm³/mol. The number of ether oxygens (including phenoxy) is 1. The third-order valence-corrected chi connectivity index (χ3v) is 2.55. The summed E-state index contributed by atoms with van der Waals surface area (Å²) >= 11 is 0. The van der Waals surface area contributed by atoms with Crippen LogP contribution in [0.25, 0.3) is 0 Å². The monoisotopic (exact) mass is 236 g/mol. The van der Waals surface area contributed by atoms with Crippen molar-refractivity contribution in [3.8, 4) is 5.75 Å². The predicted octanol–water partition coefficient (Wildman–Crippen LogP) is 1.15. The van der Waals surface area contributed by atoms with Crippen LogP contribution in [0.1, 0.15) is 17.5 Å². The first-order chi connectivity index (χ1) is 8.13. The van der Waals surface area contributed by atoms with Gasteiger partial charge in [-0.2, -0.15) is 0 Å². The molecule has 0 aliphatic carbocycles. The van der Waals surface area contributed by atoms with E-state index < -0.39 is 0 Å². The summed E-state index contributed by atoms with van der Waals surface area (Å²) in [4.78, 5) is 11.4. The van der Waals surface area contributed by atoms with E-state index in [9.17, 15) is 4.79 Å². The number of rotatable bonds is 6. The molecule has 0 radical (unpaired) electrons. The lowest BCUT2D eigenvalue weighted by Gasteiger charge is -2.08. The Kier molecular flexibility index (Phi) is 5.49. The number of hydrogen-bond acceptors (Lipinski definition) is 3. The van der Waals surface area contributed by atoms with Crippen molar-refractivity contribution in [2.45, 2.75) is 20.3 Å². The molecule has 4 heteroatoms. The third kappa shape index (κ3) is 4.87. The van der Waals surface area contributed by atoms with Crippen LogP contribution in [0.5, 0.6) is 5.75 Å². The molecule has 0 saturated carbocycles. The highest BCUT2D eigenvalue weighted by atomic mass is 16.5. The topological polar surface area (TPSA) is 64.3 Å². The molecule has 0 aromatic heterocycles. The van der Waals surface area contributed by atoms with Crippen LogP contribution in [0.2, 0.25) is 0 Å². The molecule has 0 fully saturated rings. The lowest BCUT2D eigenvalue weighted by Crippen LogP contribution is -2.30. The van der Waals surface area contributed by atoms with Gasteiger partial charge in [0.15, 0.2) is 6.61 Å². The maximum absolute atomic E-state index is 11.4. The van der Waals surface area contributed by atoms with Crippen LogP contribution in [0.15, 0.2) is 18.2 Å². The number of aryl methyl sites for hydroxylation is 2. The van der Waals surface area contributed by atoms with E-state index in [1.165, 1.54) is 5.56 Å². The normalized spacial score (nSPS) is 10.1. The van der Waals surface area contributed by atoms with Gasteiger partial charge in [0.05, 0.1) is 0 Å². The van der Waals surface area contributed by atoms with Crippen LogP contribution in [0, 0.1) is 13.8 Å². The number of nitrogens with two attached hydrogens (primary N) is 1. The number of nitrogens with one attached hydrogen (secondary N) is 1. The maximum atomic E-state index is 11.4. The van der Waals surface area contributed by atoms with Crippen LogP contribution in [0.4, 0.5) is 0 Å². The Balaban J connectivity index is 2.34. The molecule has 0 bridgehead atoms. The largest absolute Gasteiger partial charge is 0.484 e. The molecular formula is C13H20N2O2. The molecule has 0 spiro atoms. The quantitative estimate of drug-likeness (QED) is 0.728. The third-order valence-electron chi connectivity index (χ3n) is 2.55. The standard InChI is InChI=1S/C13H20N2O2/c1-10-4-5-12(8-11(10)2)17-9-13(16)15-7-3-6-14/h4-5,8H,3,6-7,9,14H2,1-2H3,(H,15,16).